The van der Waals surface area contributed by atoms with Crippen LogP contribution < -0.4 is 11.1 Å². The molecule has 3 aromatic rings. The molecule has 0 saturated carbocycles. The van der Waals surface area contributed by atoms with Crippen LogP contribution in [0.2, 0.25) is 0 Å². The molecule has 1 aliphatic heterocycles. The monoisotopic (exact) mass is 392 g/mol. The Balaban J connectivity index is 1.85. The number of pyridine rings is 1. The third kappa shape index (κ3) is 2.27. The highest BCUT2D eigenvalue weighted by atomic mass is 32.1. The molecule has 7 heteroatoms. The molecule has 0 unspecified atom stereocenters. The van der Waals surface area contributed by atoms with E-state index in [1.165, 1.54) is 0 Å². The Bertz CT molecular complexity index is 1170. The first-order chi connectivity index (χ1) is 13.1. The molecule has 2 atom stereocenters. The second kappa shape index (κ2) is 5.91. The number of nitrogens with one attached hydrogen (secondary N) is 1. The van der Waals surface area contributed by atoms with Crippen molar-refractivity contribution < 1.29 is 4.79 Å². The summed E-state index contributed by atoms with van der Waals surface area (Å²) in [6, 6.07) is 6.28. The minimum atomic E-state index is -0.207. The summed E-state index contributed by atoms with van der Waals surface area (Å²) >= 11 is 3.26. The molecule has 5 rings (SSSR count). The lowest BCUT2D eigenvalue weighted by atomic mass is 9.74. The summed E-state index contributed by atoms with van der Waals surface area (Å²) in [7, 11) is 0. The number of fused-ring (bicyclic) bond motifs is 4. The second-order valence-electron chi connectivity index (χ2n) is 6.89. The number of aromatic nitrogens is 1. The predicted octanol–water partition coefficient (Wildman–Crippen LogP) is 4.54. The number of nitrogen functional groups attached to an aromatic ring is 1. The molecule has 27 heavy (non-hydrogen) atoms. The van der Waals surface area contributed by atoms with Crippen molar-refractivity contribution in [2.75, 3.05) is 11.1 Å². The summed E-state index contributed by atoms with van der Waals surface area (Å²) in [6.45, 7) is 1.92. The number of nitriles is 1. The Hall–Kier alpha value is -2.69. The summed E-state index contributed by atoms with van der Waals surface area (Å²) in [6.07, 6.45) is 3.50. The number of anilines is 2. The number of carbonyl (C=O) groups excluding carboxylic acids is 1. The Morgan fingerprint density at radius 1 is 1.41 bits per heavy atom. The lowest BCUT2D eigenvalue weighted by Crippen LogP contribution is -2.33. The van der Waals surface area contributed by atoms with Gasteiger partial charge in [0.2, 0.25) is 0 Å². The van der Waals surface area contributed by atoms with Crippen LogP contribution >= 0.6 is 22.7 Å². The standard InChI is InChI=1S/C20H16N4OS2/c1-9-10(8-21)19(22)24-17-16-15(13-6-3-7-26-13)14-11(4-2-5-12(14)25)23-20(16)27-18(9)17/h3-4,6-7,14-15,23H,2,5H2,1H3,(H2,22,24)/t14-,15+/m0/s1. The molecule has 0 amide bonds. The average molecular weight is 393 g/mol. The zero-order chi connectivity index (χ0) is 18.7. The zero-order valence-electron chi connectivity index (χ0n) is 14.6. The SMILES string of the molecule is Cc1c(C#N)c(N)nc2c3c(sc12)NC1=CCCC(=O)[C@H]1[C@H]3c1cccs1. The van der Waals surface area contributed by atoms with Crippen molar-refractivity contribution in [3.05, 3.63) is 50.9 Å². The van der Waals surface area contributed by atoms with E-state index in [-0.39, 0.29) is 23.4 Å². The minimum absolute atomic E-state index is 0.0618. The van der Waals surface area contributed by atoms with Gasteiger partial charge in [-0.05, 0) is 30.4 Å². The summed E-state index contributed by atoms with van der Waals surface area (Å²) < 4.78 is 0.964. The summed E-state index contributed by atoms with van der Waals surface area (Å²) in [5, 5.41) is 16.0. The van der Waals surface area contributed by atoms with Gasteiger partial charge in [0.25, 0.3) is 0 Å². The van der Waals surface area contributed by atoms with Crippen LogP contribution in [0, 0.1) is 24.2 Å². The van der Waals surface area contributed by atoms with Gasteiger partial charge in [0, 0.05) is 28.5 Å². The first-order valence-corrected chi connectivity index (χ1v) is 10.5. The number of carbonyl (C=O) groups is 1. The molecule has 2 aliphatic rings. The lowest BCUT2D eigenvalue weighted by molar-refractivity contribution is -0.122. The van der Waals surface area contributed by atoms with Crippen molar-refractivity contribution in [2.45, 2.75) is 25.7 Å². The Morgan fingerprint density at radius 2 is 2.26 bits per heavy atom. The van der Waals surface area contributed by atoms with Crippen LogP contribution in [0.1, 0.15) is 40.3 Å². The third-order valence-electron chi connectivity index (χ3n) is 5.42. The van der Waals surface area contributed by atoms with Crippen LogP contribution in [0.3, 0.4) is 0 Å². The van der Waals surface area contributed by atoms with Crippen molar-refractivity contribution in [3.8, 4) is 6.07 Å². The van der Waals surface area contributed by atoms with Gasteiger partial charge >= 0.3 is 0 Å². The molecular weight excluding hydrogens is 376 g/mol. The number of thiophene rings is 2. The largest absolute Gasteiger partial charge is 0.383 e. The molecule has 0 aromatic carbocycles. The normalized spacial score (nSPS) is 21.2. The van der Waals surface area contributed by atoms with Gasteiger partial charge in [-0.25, -0.2) is 4.98 Å². The molecule has 134 valence electrons. The minimum Gasteiger partial charge on any atom is -0.383 e. The maximum Gasteiger partial charge on any atom is 0.143 e. The second-order valence-corrected chi connectivity index (χ2v) is 8.89. The van der Waals surface area contributed by atoms with Gasteiger partial charge in [0.1, 0.15) is 17.7 Å². The van der Waals surface area contributed by atoms with Gasteiger partial charge in [0.05, 0.1) is 26.7 Å². The van der Waals surface area contributed by atoms with Gasteiger partial charge in [-0.3, -0.25) is 4.79 Å². The van der Waals surface area contributed by atoms with Crippen LogP contribution in [0.25, 0.3) is 10.2 Å². The molecule has 0 bridgehead atoms. The Morgan fingerprint density at radius 3 is 3.00 bits per heavy atom. The van der Waals surface area contributed by atoms with E-state index in [0.29, 0.717) is 12.0 Å². The van der Waals surface area contributed by atoms with Gasteiger partial charge in [-0.15, -0.1) is 22.7 Å². The maximum atomic E-state index is 12.9. The molecule has 0 spiro atoms. The van der Waals surface area contributed by atoms with Gasteiger partial charge in [-0.1, -0.05) is 12.1 Å². The highest BCUT2D eigenvalue weighted by molar-refractivity contribution is 7.23. The van der Waals surface area contributed by atoms with Crippen molar-refractivity contribution >= 4 is 49.5 Å². The highest BCUT2D eigenvalue weighted by Crippen LogP contribution is 2.53. The summed E-state index contributed by atoms with van der Waals surface area (Å²) in [5.41, 5.74) is 10.2. The molecule has 0 radical (unpaired) electrons. The zero-order valence-corrected chi connectivity index (χ0v) is 16.2. The molecule has 1 aliphatic carbocycles. The fraction of sp³-hybridized carbons (Fsp3) is 0.250. The number of nitrogens with two attached hydrogens (primary N) is 1. The molecule has 0 saturated heterocycles. The first-order valence-electron chi connectivity index (χ1n) is 8.76. The number of aryl methyl sites for hydroxylation is 1. The summed E-state index contributed by atoms with van der Waals surface area (Å²) in [4.78, 5) is 18.6. The number of allylic oxidation sites excluding steroid dienone is 2. The smallest absolute Gasteiger partial charge is 0.143 e. The Labute approximate surface area is 164 Å². The van der Waals surface area contributed by atoms with E-state index in [9.17, 15) is 10.1 Å². The third-order valence-corrected chi connectivity index (χ3v) is 7.61. The fourth-order valence-electron chi connectivity index (χ4n) is 4.20. The van der Waals surface area contributed by atoms with Gasteiger partial charge < -0.3 is 11.1 Å². The molecule has 3 N–H and O–H groups in total. The van der Waals surface area contributed by atoms with Gasteiger partial charge in [-0.2, -0.15) is 5.26 Å². The molecule has 0 fully saturated rings. The van der Waals surface area contributed by atoms with Crippen molar-refractivity contribution in [1.29, 1.82) is 5.26 Å². The number of hydrogen-bond acceptors (Lipinski definition) is 7. The van der Waals surface area contributed by atoms with Crippen LogP contribution in [0.5, 0.6) is 0 Å². The van der Waals surface area contributed by atoms with E-state index < -0.39 is 0 Å². The number of hydrogen-bond donors (Lipinski definition) is 2. The molecule has 5 nitrogen and oxygen atoms in total. The Kier molecular flexibility index (Phi) is 3.61. The number of rotatable bonds is 1. The van der Waals surface area contributed by atoms with Crippen molar-refractivity contribution in [3.63, 3.8) is 0 Å². The van der Waals surface area contributed by atoms with Crippen LogP contribution in [-0.4, -0.2) is 10.8 Å². The van der Waals surface area contributed by atoms with E-state index in [0.717, 1.165) is 43.3 Å². The van der Waals surface area contributed by atoms with E-state index in [1.807, 2.05) is 18.4 Å². The topological polar surface area (TPSA) is 91.8 Å². The fourth-order valence-corrected chi connectivity index (χ4v) is 6.28. The number of Topliss-reactive ketones (excluding diaryl/α,β-unsaturated/α-hetero) is 1. The highest BCUT2D eigenvalue weighted by Gasteiger charge is 2.43. The number of ketones is 1. The lowest BCUT2D eigenvalue weighted by Gasteiger charge is -2.35. The predicted molar refractivity (Wildman–Crippen MR) is 109 cm³/mol. The van der Waals surface area contributed by atoms with Gasteiger partial charge in [0.15, 0.2) is 0 Å². The first kappa shape index (κ1) is 16.5. The van der Waals surface area contributed by atoms with Crippen molar-refractivity contribution in [2.24, 2.45) is 5.92 Å². The molecule has 3 aromatic heterocycles. The van der Waals surface area contributed by atoms with E-state index >= 15 is 0 Å². The van der Waals surface area contributed by atoms with Crippen molar-refractivity contribution in [1.82, 2.24) is 4.98 Å². The van der Waals surface area contributed by atoms with Crippen LogP contribution in [0.15, 0.2) is 29.3 Å². The molecule has 4 heterocycles. The quantitative estimate of drug-likeness (QED) is 0.634. The van der Waals surface area contributed by atoms with E-state index in [1.54, 1.807) is 22.7 Å². The van der Waals surface area contributed by atoms with E-state index in [2.05, 4.69) is 28.5 Å². The average Bonchev–Trinajstić information content (AvgIpc) is 3.29. The molecular formula is C20H16N4OS2. The van der Waals surface area contributed by atoms with Crippen LogP contribution in [-0.2, 0) is 4.79 Å². The van der Waals surface area contributed by atoms with E-state index in [4.69, 9.17) is 5.73 Å². The maximum absolute atomic E-state index is 12.9. The number of nitrogens with zero attached hydrogens (tertiary/aromatic N) is 2. The summed E-state index contributed by atoms with van der Waals surface area (Å²) in [5.74, 6) is 0.251. The van der Waals surface area contributed by atoms with Crippen LogP contribution in [0.4, 0.5) is 10.8 Å².